The molecule has 0 fully saturated rings. The van der Waals surface area contributed by atoms with Gasteiger partial charge in [0.15, 0.2) is 0 Å². The van der Waals surface area contributed by atoms with Crippen molar-refractivity contribution >= 4 is 21.8 Å². The molecular formula is C13H19BrN2O. The summed E-state index contributed by atoms with van der Waals surface area (Å²) in [5.41, 5.74) is 7.36. The minimum Gasteiger partial charge on any atom is -0.348 e. The van der Waals surface area contributed by atoms with Crippen LogP contribution in [0.2, 0.25) is 0 Å². The Morgan fingerprint density at radius 1 is 1.47 bits per heavy atom. The van der Waals surface area contributed by atoms with E-state index in [9.17, 15) is 4.79 Å². The van der Waals surface area contributed by atoms with Gasteiger partial charge in [-0.3, -0.25) is 4.79 Å². The summed E-state index contributed by atoms with van der Waals surface area (Å²) in [5.74, 6) is 0.247. The van der Waals surface area contributed by atoms with E-state index in [1.807, 2.05) is 39.0 Å². The molecule has 0 heterocycles. The number of rotatable bonds is 4. The van der Waals surface area contributed by atoms with Crippen molar-refractivity contribution in [1.29, 1.82) is 0 Å². The molecule has 0 aromatic heterocycles. The Morgan fingerprint density at radius 3 is 2.65 bits per heavy atom. The van der Waals surface area contributed by atoms with Crippen LogP contribution in [0.1, 0.15) is 29.8 Å². The highest BCUT2D eigenvalue weighted by atomic mass is 79.9. The first-order chi connectivity index (χ1) is 7.95. The van der Waals surface area contributed by atoms with Gasteiger partial charge in [-0.1, -0.05) is 25.5 Å². The van der Waals surface area contributed by atoms with E-state index in [2.05, 4.69) is 21.2 Å². The third-order valence-corrected chi connectivity index (χ3v) is 3.43. The minimum absolute atomic E-state index is 0.00918. The zero-order valence-corrected chi connectivity index (χ0v) is 12.0. The summed E-state index contributed by atoms with van der Waals surface area (Å²) in [6.45, 7) is 6.51. The quantitative estimate of drug-likeness (QED) is 0.897. The number of nitrogens with two attached hydrogens (primary N) is 1. The fraction of sp³-hybridized carbons (Fsp3) is 0.462. The van der Waals surface area contributed by atoms with Crippen LogP contribution in [0.15, 0.2) is 22.7 Å². The first kappa shape index (κ1) is 14.2. The Bertz CT molecular complexity index is 404. The topological polar surface area (TPSA) is 55.1 Å². The van der Waals surface area contributed by atoms with Gasteiger partial charge in [-0.05, 0) is 40.9 Å². The van der Waals surface area contributed by atoms with E-state index in [1.165, 1.54) is 0 Å². The summed E-state index contributed by atoms with van der Waals surface area (Å²) in [7, 11) is 0. The number of benzene rings is 1. The number of carbonyl (C=O) groups excluding carboxylic acids is 1. The van der Waals surface area contributed by atoms with Crippen LogP contribution in [0.5, 0.6) is 0 Å². The molecule has 1 amide bonds. The lowest BCUT2D eigenvalue weighted by atomic mass is 10.0. The third kappa shape index (κ3) is 3.82. The van der Waals surface area contributed by atoms with Crippen LogP contribution in [-0.4, -0.2) is 18.5 Å². The molecule has 0 saturated heterocycles. The molecule has 0 saturated carbocycles. The standard InChI is InChI=1S/C13H19BrN2O/c1-8(2)12(7-15)16-13(17)10-6-9(3)4-5-11(10)14/h4-6,8,12H,7,15H2,1-3H3,(H,16,17). The van der Waals surface area contributed by atoms with Crippen molar-refractivity contribution in [3.05, 3.63) is 33.8 Å². The number of hydrogen-bond acceptors (Lipinski definition) is 2. The molecule has 17 heavy (non-hydrogen) atoms. The molecule has 94 valence electrons. The van der Waals surface area contributed by atoms with Gasteiger partial charge in [0.1, 0.15) is 0 Å². The average Bonchev–Trinajstić information content (AvgIpc) is 2.28. The van der Waals surface area contributed by atoms with Gasteiger partial charge >= 0.3 is 0 Å². The maximum Gasteiger partial charge on any atom is 0.252 e. The monoisotopic (exact) mass is 298 g/mol. The highest BCUT2D eigenvalue weighted by Crippen LogP contribution is 2.18. The largest absolute Gasteiger partial charge is 0.348 e. The van der Waals surface area contributed by atoms with Gasteiger partial charge in [0.05, 0.1) is 5.56 Å². The van der Waals surface area contributed by atoms with Crippen molar-refractivity contribution in [2.45, 2.75) is 26.8 Å². The Labute approximate surface area is 111 Å². The smallest absolute Gasteiger partial charge is 0.252 e. The van der Waals surface area contributed by atoms with Gasteiger partial charge in [-0.15, -0.1) is 0 Å². The van der Waals surface area contributed by atoms with E-state index < -0.39 is 0 Å². The van der Waals surface area contributed by atoms with Crippen LogP contribution in [0, 0.1) is 12.8 Å². The van der Waals surface area contributed by atoms with Crippen molar-refractivity contribution in [2.75, 3.05) is 6.54 Å². The van der Waals surface area contributed by atoms with Crippen molar-refractivity contribution in [2.24, 2.45) is 11.7 Å². The average molecular weight is 299 g/mol. The summed E-state index contributed by atoms with van der Waals surface area (Å²) in [4.78, 5) is 12.1. The van der Waals surface area contributed by atoms with E-state index >= 15 is 0 Å². The third-order valence-electron chi connectivity index (χ3n) is 2.74. The molecule has 0 spiro atoms. The molecule has 0 aliphatic carbocycles. The summed E-state index contributed by atoms with van der Waals surface area (Å²) >= 11 is 3.39. The van der Waals surface area contributed by atoms with Gasteiger partial charge in [0, 0.05) is 17.1 Å². The second-order valence-electron chi connectivity index (χ2n) is 4.54. The summed E-state index contributed by atoms with van der Waals surface area (Å²) in [6.07, 6.45) is 0. The zero-order chi connectivity index (χ0) is 13.0. The first-order valence-electron chi connectivity index (χ1n) is 5.72. The molecule has 0 radical (unpaired) electrons. The van der Waals surface area contributed by atoms with Gasteiger partial charge in [0.25, 0.3) is 5.91 Å². The second kappa shape index (κ2) is 6.17. The van der Waals surface area contributed by atoms with E-state index in [0.29, 0.717) is 18.0 Å². The maximum atomic E-state index is 12.1. The highest BCUT2D eigenvalue weighted by Gasteiger charge is 2.17. The van der Waals surface area contributed by atoms with E-state index in [-0.39, 0.29) is 11.9 Å². The summed E-state index contributed by atoms with van der Waals surface area (Å²) in [5, 5.41) is 2.96. The molecule has 0 bridgehead atoms. The van der Waals surface area contributed by atoms with Crippen LogP contribution in [0.3, 0.4) is 0 Å². The first-order valence-corrected chi connectivity index (χ1v) is 6.52. The molecular weight excluding hydrogens is 280 g/mol. The lowest BCUT2D eigenvalue weighted by molar-refractivity contribution is 0.0927. The van der Waals surface area contributed by atoms with Gasteiger partial charge in [-0.25, -0.2) is 0 Å². The molecule has 3 nitrogen and oxygen atoms in total. The molecule has 1 aromatic rings. The highest BCUT2D eigenvalue weighted by molar-refractivity contribution is 9.10. The Morgan fingerprint density at radius 2 is 2.12 bits per heavy atom. The number of aryl methyl sites for hydroxylation is 1. The van der Waals surface area contributed by atoms with Gasteiger partial charge < -0.3 is 11.1 Å². The maximum absolute atomic E-state index is 12.1. The SMILES string of the molecule is Cc1ccc(Br)c(C(=O)NC(CN)C(C)C)c1. The fourth-order valence-corrected chi connectivity index (χ4v) is 1.98. The molecule has 4 heteroatoms. The number of carbonyl (C=O) groups is 1. The van der Waals surface area contributed by atoms with E-state index in [1.54, 1.807) is 0 Å². The van der Waals surface area contributed by atoms with Crippen LogP contribution in [0.25, 0.3) is 0 Å². The molecule has 1 rings (SSSR count). The van der Waals surface area contributed by atoms with Crippen LogP contribution in [0.4, 0.5) is 0 Å². The number of nitrogens with one attached hydrogen (secondary N) is 1. The Hall–Kier alpha value is -0.870. The van der Waals surface area contributed by atoms with Crippen LogP contribution >= 0.6 is 15.9 Å². The lowest BCUT2D eigenvalue weighted by Gasteiger charge is -2.21. The fourth-order valence-electron chi connectivity index (χ4n) is 1.56. The predicted molar refractivity (Wildman–Crippen MR) is 74.0 cm³/mol. The van der Waals surface area contributed by atoms with E-state index in [4.69, 9.17) is 5.73 Å². The Kier molecular flexibility index (Phi) is 5.15. The molecule has 0 aliphatic heterocycles. The predicted octanol–water partition coefficient (Wildman–Crippen LogP) is 2.47. The molecule has 1 aromatic carbocycles. The van der Waals surface area contributed by atoms with Gasteiger partial charge in [-0.2, -0.15) is 0 Å². The minimum atomic E-state index is -0.0790. The zero-order valence-electron chi connectivity index (χ0n) is 10.5. The molecule has 1 atom stereocenters. The van der Waals surface area contributed by atoms with E-state index in [0.717, 1.165) is 10.0 Å². The number of halogens is 1. The van der Waals surface area contributed by atoms with Crippen molar-refractivity contribution in [3.8, 4) is 0 Å². The lowest BCUT2D eigenvalue weighted by Crippen LogP contribution is -2.43. The summed E-state index contributed by atoms with van der Waals surface area (Å²) < 4.78 is 0.806. The molecule has 3 N–H and O–H groups in total. The van der Waals surface area contributed by atoms with Crippen molar-refractivity contribution in [3.63, 3.8) is 0 Å². The Balaban J connectivity index is 2.86. The summed E-state index contributed by atoms with van der Waals surface area (Å²) in [6, 6.07) is 5.73. The molecule has 0 aliphatic rings. The van der Waals surface area contributed by atoms with Crippen molar-refractivity contribution in [1.82, 2.24) is 5.32 Å². The molecule has 1 unspecified atom stereocenters. The van der Waals surface area contributed by atoms with Gasteiger partial charge in [0.2, 0.25) is 0 Å². The van der Waals surface area contributed by atoms with Crippen LogP contribution < -0.4 is 11.1 Å². The van der Waals surface area contributed by atoms with Crippen LogP contribution in [-0.2, 0) is 0 Å². The second-order valence-corrected chi connectivity index (χ2v) is 5.40. The normalized spacial score (nSPS) is 12.6. The van der Waals surface area contributed by atoms with Crippen molar-refractivity contribution < 1.29 is 4.79 Å². The number of amides is 1. The number of hydrogen-bond donors (Lipinski definition) is 2.